The Bertz CT molecular complexity index is 171. The van der Waals surface area contributed by atoms with Gasteiger partial charge < -0.3 is 5.21 Å². The predicted octanol–water partition coefficient (Wildman–Crippen LogP) is 4.08. The number of hydrogen-bond acceptors (Lipinski definition) is 2. The van der Waals surface area contributed by atoms with Crippen molar-refractivity contribution in [1.29, 1.82) is 0 Å². The van der Waals surface area contributed by atoms with Gasteiger partial charge in [-0.15, -0.1) is 0 Å². The minimum Gasteiger partial charge on any atom is -0.313 e. The number of hydroxylamine groups is 2. The van der Waals surface area contributed by atoms with E-state index in [1.54, 1.807) is 5.06 Å². The van der Waals surface area contributed by atoms with Gasteiger partial charge in [-0.3, -0.25) is 0 Å². The molecule has 0 rings (SSSR count). The first kappa shape index (κ1) is 14.9. The van der Waals surface area contributed by atoms with Crippen molar-refractivity contribution in [1.82, 2.24) is 5.06 Å². The second-order valence-corrected chi connectivity index (χ2v) is 5.28. The van der Waals surface area contributed by atoms with Gasteiger partial charge in [-0.25, -0.2) is 0 Å². The van der Waals surface area contributed by atoms with E-state index in [0.29, 0.717) is 0 Å². The van der Waals surface area contributed by atoms with E-state index in [4.69, 9.17) is 0 Å². The lowest BCUT2D eigenvalue weighted by Crippen LogP contribution is -2.47. The molecular formula is C13H29NO. The van der Waals surface area contributed by atoms with Crippen molar-refractivity contribution in [3.05, 3.63) is 0 Å². The Kier molecular flexibility index (Phi) is 5.82. The quantitative estimate of drug-likeness (QED) is 0.647. The van der Waals surface area contributed by atoms with Crippen molar-refractivity contribution < 1.29 is 5.21 Å². The summed E-state index contributed by atoms with van der Waals surface area (Å²) in [5, 5.41) is 11.8. The summed E-state index contributed by atoms with van der Waals surface area (Å²) in [4.78, 5) is 0. The molecule has 0 aliphatic heterocycles. The summed E-state index contributed by atoms with van der Waals surface area (Å²) in [5.41, 5.74) is 0.173. The Balaban J connectivity index is 4.52. The third-order valence-corrected chi connectivity index (χ3v) is 4.39. The van der Waals surface area contributed by atoms with Crippen LogP contribution in [0.3, 0.4) is 0 Å². The molecule has 0 aromatic rings. The summed E-state index contributed by atoms with van der Waals surface area (Å²) in [5.74, 6) is 0. The second kappa shape index (κ2) is 5.86. The lowest BCUT2D eigenvalue weighted by molar-refractivity contribution is -0.189. The summed E-state index contributed by atoms with van der Waals surface area (Å²) in [6.07, 6.45) is 4.21. The van der Waals surface area contributed by atoms with E-state index in [-0.39, 0.29) is 11.0 Å². The predicted molar refractivity (Wildman–Crippen MR) is 66.2 cm³/mol. The maximum absolute atomic E-state index is 10.2. The van der Waals surface area contributed by atoms with Gasteiger partial charge in [-0.05, 0) is 38.0 Å². The summed E-state index contributed by atoms with van der Waals surface area (Å²) in [6.45, 7) is 13.8. The van der Waals surface area contributed by atoms with E-state index < -0.39 is 0 Å². The summed E-state index contributed by atoms with van der Waals surface area (Å²) >= 11 is 0. The van der Waals surface area contributed by atoms with Crippen molar-refractivity contribution in [2.45, 2.75) is 72.8 Å². The molecule has 0 atom stereocenters. The molecule has 0 aromatic heterocycles. The van der Waals surface area contributed by atoms with Crippen molar-refractivity contribution in [2.75, 3.05) is 6.54 Å². The minimum atomic E-state index is -0.0639. The first-order valence-electron chi connectivity index (χ1n) is 6.34. The van der Waals surface area contributed by atoms with Gasteiger partial charge in [0.05, 0.1) is 0 Å². The van der Waals surface area contributed by atoms with Crippen LogP contribution in [0.4, 0.5) is 0 Å². The molecule has 0 aromatic carbocycles. The van der Waals surface area contributed by atoms with Crippen molar-refractivity contribution in [2.24, 2.45) is 5.41 Å². The van der Waals surface area contributed by atoms with Gasteiger partial charge in [0.25, 0.3) is 0 Å². The molecule has 1 N–H and O–H groups in total. The summed E-state index contributed by atoms with van der Waals surface area (Å²) in [7, 11) is 0. The fourth-order valence-corrected chi connectivity index (χ4v) is 1.64. The van der Waals surface area contributed by atoms with Crippen molar-refractivity contribution in [3.63, 3.8) is 0 Å². The molecule has 2 nitrogen and oxygen atoms in total. The van der Waals surface area contributed by atoms with Gasteiger partial charge in [-0.2, -0.15) is 5.06 Å². The average Bonchev–Trinajstić information content (AvgIpc) is 2.27. The molecule has 0 aliphatic rings. The molecule has 15 heavy (non-hydrogen) atoms. The monoisotopic (exact) mass is 215 g/mol. The first-order valence-corrected chi connectivity index (χ1v) is 6.34. The zero-order chi connectivity index (χ0) is 12.1. The van der Waals surface area contributed by atoms with E-state index in [9.17, 15) is 5.21 Å². The normalized spacial score (nSPS) is 13.6. The van der Waals surface area contributed by atoms with Crippen LogP contribution in [0.5, 0.6) is 0 Å². The third-order valence-electron chi connectivity index (χ3n) is 4.39. The lowest BCUT2D eigenvalue weighted by atomic mass is 9.83. The fourth-order valence-electron chi connectivity index (χ4n) is 1.64. The van der Waals surface area contributed by atoms with Crippen LogP contribution in [0.15, 0.2) is 0 Å². The van der Waals surface area contributed by atoms with Crippen LogP contribution >= 0.6 is 0 Å². The molecule has 0 radical (unpaired) electrons. The Hall–Kier alpha value is -0.0800. The highest BCUT2D eigenvalue weighted by molar-refractivity contribution is 4.83. The molecule has 0 fully saturated rings. The zero-order valence-corrected chi connectivity index (χ0v) is 11.4. The zero-order valence-electron chi connectivity index (χ0n) is 11.4. The van der Waals surface area contributed by atoms with Gasteiger partial charge >= 0.3 is 0 Å². The largest absolute Gasteiger partial charge is 0.313 e. The van der Waals surface area contributed by atoms with Crippen LogP contribution in [-0.2, 0) is 0 Å². The van der Waals surface area contributed by atoms with Crippen LogP contribution in [0, 0.1) is 5.41 Å². The van der Waals surface area contributed by atoms with E-state index in [0.717, 1.165) is 32.2 Å². The standard InChI is InChI=1S/C13H29NO/c1-7-12(5,8-2)11-14(15)13(6,9-3)10-4/h15H,7-11H2,1-6H3. The van der Waals surface area contributed by atoms with Gasteiger partial charge in [0.2, 0.25) is 0 Å². The van der Waals surface area contributed by atoms with Gasteiger partial charge in [-0.1, -0.05) is 34.6 Å². The topological polar surface area (TPSA) is 23.5 Å². The van der Waals surface area contributed by atoms with Crippen LogP contribution in [-0.4, -0.2) is 22.4 Å². The van der Waals surface area contributed by atoms with Crippen LogP contribution < -0.4 is 0 Å². The molecule has 0 bridgehead atoms. The molecule has 0 amide bonds. The van der Waals surface area contributed by atoms with Crippen LogP contribution in [0.25, 0.3) is 0 Å². The van der Waals surface area contributed by atoms with E-state index in [2.05, 4.69) is 41.5 Å². The average molecular weight is 215 g/mol. The Morgan fingerprint density at radius 3 is 1.53 bits per heavy atom. The SMILES string of the molecule is CCC(C)(CC)CN(O)C(C)(CC)CC. The molecule has 0 spiro atoms. The Labute approximate surface area is 95.6 Å². The molecule has 0 heterocycles. The lowest BCUT2D eigenvalue weighted by Gasteiger charge is -2.40. The molecule has 92 valence electrons. The van der Waals surface area contributed by atoms with Crippen LogP contribution in [0.2, 0.25) is 0 Å². The number of hydrogen-bond donors (Lipinski definition) is 1. The highest BCUT2D eigenvalue weighted by atomic mass is 16.5. The summed E-state index contributed by atoms with van der Waals surface area (Å²) < 4.78 is 0. The molecule has 0 unspecified atom stereocenters. The van der Waals surface area contributed by atoms with Gasteiger partial charge in [0.1, 0.15) is 0 Å². The third kappa shape index (κ3) is 3.76. The highest BCUT2D eigenvalue weighted by Gasteiger charge is 2.32. The summed E-state index contributed by atoms with van der Waals surface area (Å²) in [6, 6.07) is 0. The molecule has 0 aliphatic carbocycles. The maximum Gasteiger partial charge on any atom is 0.0427 e. The second-order valence-electron chi connectivity index (χ2n) is 5.28. The Morgan fingerprint density at radius 2 is 1.27 bits per heavy atom. The molecular weight excluding hydrogens is 186 g/mol. The number of nitrogens with zero attached hydrogens (tertiary/aromatic N) is 1. The van der Waals surface area contributed by atoms with E-state index >= 15 is 0 Å². The number of rotatable bonds is 7. The Morgan fingerprint density at radius 1 is 0.867 bits per heavy atom. The van der Waals surface area contributed by atoms with Crippen LogP contribution in [0.1, 0.15) is 67.2 Å². The van der Waals surface area contributed by atoms with Gasteiger partial charge in [0.15, 0.2) is 0 Å². The molecule has 0 saturated carbocycles. The first-order chi connectivity index (χ1) is 6.87. The minimum absolute atomic E-state index is 0.0639. The van der Waals surface area contributed by atoms with E-state index in [1.165, 1.54) is 0 Å². The van der Waals surface area contributed by atoms with Crippen molar-refractivity contribution in [3.8, 4) is 0 Å². The smallest absolute Gasteiger partial charge is 0.0427 e. The maximum atomic E-state index is 10.2. The van der Waals surface area contributed by atoms with Crippen molar-refractivity contribution >= 4 is 0 Å². The van der Waals surface area contributed by atoms with E-state index in [1.807, 2.05) is 0 Å². The molecule has 2 heteroatoms. The fraction of sp³-hybridized carbons (Fsp3) is 1.00. The van der Waals surface area contributed by atoms with Gasteiger partial charge in [0, 0.05) is 12.1 Å². The molecule has 0 saturated heterocycles. The highest BCUT2D eigenvalue weighted by Crippen LogP contribution is 2.30.